The largest absolute Gasteiger partial charge is 0.354 e. The van der Waals surface area contributed by atoms with E-state index in [0.29, 0.717) is 18.0 Å². The number of rotatable bonds is 6. The first-order valence-electron chi connectivity index (χ1n) is 9.70. The molecule has 6 nitrogen and oxygen atoms in total. The molecule has 0 bridgehead atoms. The van der Waals surface area contributed by atoms with E-state index < -0.39 is 16.1 Å². The quantitative estimate of drug-likeness (QED) is 0.782. The molecule has 2 aliphatic rings. The van der Waals surface area contributed by atoms with E-state index in [-0.39, 0.29) is 22.1 Å². The van der Waals surface area contributed by atoms with Gasteiger partial charge in [-0.1, -0.05) is 38.8 Å². The van der Waals surface area contributed by atoms with E-state index in [1.165, 1.54) is 12.8 Å². The van der Waals surface area contributed by atoms with E-state index in [1.807, 2.05) is 0 Å². The summed E-state index contributed by atoms with van der Waals surface area (Å²) in [5, 5.41) is 3.07. The molecule has 1 atom stereocenters. The third kappa shape index (κ3) is 4.34. The molecule has 1 amide bonds. The van der Waals surface area contributed by atoms with Gasteiger partial charge in [-0.05, 0) is 49.7 Å². The Balaban J connectivity index is 1.69. The highest BCUT2D eigenvalue weighted by Gasteiger charge is 2.35. The van der Waals surface area contributed by atoms with Crippen LogP contribution >= 0.6 is 0 Å². The zero-order chi connectivity index (χ0) is 19.7. The van der Waals surface area contributed by atoms with Gasteiger partial charge in [0.15, 0.2) is 0 Å². The van der Waals surface area contributed by atoms with Crippen molar-refractivity contribution in [2.24, 2.45) is 16.3 Å². The van der Waals surface area contributed by atoms with E-state index in [9.17, 15) is 13.2 Å². The van der Waals surface area contributed by atoms with E-state index in [1.54, 1.807) is 31.2 Å². The fourth-order valence-electron chi connectivity index (χ4n) is 4.35. The maximum absolute atomic E-state index is 12.6. The molecule has 27 heavy (non-hydrogen) atoms. The predicted octanol–water partition coefficient (Wildman–Crippen LogP) is 2.84. The summed E-state index contributed by atoms with van der Waals surface area (Å²) in [4.78, 5) is 17.2. The third-order valence-electron chi connectivity index (χ3n) is 5.51. The fourth-order valence-corrected chi connectivity index (χ4v) is 5.59. The minimum Gasteiger partial charge on any atom is -0.354 e. The molecule has 2 N–H and O–H groups in total. The Bertz CT molecular complexity index is 840. The van der Waals surface area contributed by atoms with Crippen molar-refractivity contribution in [3.8, 4) is 0 Å². The molecule has 0 unspecified atom stereocenters. The number of hydrogen-bond acceptors (Lipinski definition) is 4. The predicted molar refractivity (Wildman–Crippen MR) is 106 cm³/mol. The van der Waals surface area contributed by atoms with Crippen LogP contribution in [0.1, 0.15) is 58.4 Å². The van der Waals surface area contributed by atoms with Gasteiger partial charge < -0.3 is 5.32 Å². The molecule has 0 radical (unpaired) electrons. The first-order valence-corrected chi connectivity index (χ1v) is 11.2. The molecule has 1 aromatic carbocycles. The van der Waals surface area contributed by atoms with Crippen molar-refractivity contribution in [2.75, 3.05) is 6.54 Å². The highest BCUT2D eigenvalue weighted by Crippen LogP contribution is 2.42. The van der Waals surface area contributed by atoms with Crippen molar-refractivity contribution in [2.45, 2.75) is 63.8 Å². The smallest absolute Gasteiger partial charge is 0.263 e. The van der Waals surface area contributed by atoms with Crippen LogP contribution in [0.4, 0.5) is 0 Å². The molecule has 7 heteroatoms. The monoisotopic (exact) mass is 391 g/mol. The summed E-state index contributed by atoms with van der Waals surface area (Å²) in [7, 11) is -3.59. The first kappa shape index (κ1) is 19.9. The molecule has 0 saturated heterocycles. The van der Waals surface area contributed by atoms with Crippen molar-refractivity contribution in [1.82, 2.24) is 10.0 Å². The molecular weight excluding hydrogens is 362 g/mol. The molecule has 1 aliphatic heterocycles. The highest BCUT2D eigenvalue weighted by atomic mass is 32.2. The Morgan fingerprint density at radius 1 is 1.22 bits per heavy atom. The first-order chi connectivity index (χ1) is 12.7. The third-order valence-corrected chi connectivity index (χ3v) is 6.91. The molecular formula is C20H29N3O3S. The Hall–Kier alpha value is -1.89. The van der Waals surface area contributed by atoms with Gasteiger partial charge in [-0.2, -0.15) is 0 Å². The second-order valence-electron chi connectivity index (χ2n) is 8.28. The van der Waals surface area contributed by atoms with E-state index >= 15 is 0 Å². The van der Waals surface area contributed by atoms with E-state index in [4.69, 9.17) is 0 Å². The molecule has 0 spiro atoms. The van der Waals surface area contributed by atoms with Crippen LogP contribution in [0.5, 0.6) is 0 Å². The van der Waals surface area contributed by atoms with Gasteiger partial charge in [0.1, 0.15) is 11.9 Å². The van der Waals surface area contributed by atoms with Gasteiger partial charge in [0.05, 0.1) is 4.90 Å². The summed E-state index contributed by atoms with van der Waals surface area (Å²) in [6, 6.07) is 6.02. The molecule has 3 rings (SSSR count). The highest BCUT2D eigenvalue weighted by molar-refractivity contribution is 7.90. The molecule has 1 saturated carbocycles. The summed E-state index contributed by atoms with van der Waals surface area (Å²) in [6.45, 7) is 6.81. The molecule has 148 valence electrons. The van der Waals surface area contributed by atoms with Crippen LogP contribution in [0.15, 0.2) is 34.2 Å². The van der Waals surface area contributed by atoms with Gasteiger partial charge in [0.25, 0.3) is 10.0 Å². The maximum atomic E-state index is 12.6. The lowest BCUT2D eigenvalue weighted by Gasteiger charge is -2.31. The normalized spacial score (nSPS) is 22.4. The summed E-state index contributed by atoms with van der Waals surface area (Å²) in [5.41, 5.74) is 0.710. The Morgan fingerprint density at radius 2 is 1.89 bits per heavy atom. The van der Waals surface area contributed by atoms with Crippen LogP contribution in [-0.2, 0) is 14.8 Å². The van der Waals surface area contributed by atoms with E-state index in [0.717, 1.165) is 19.3 Å². The lowest BCUT2D eigenvalue weighted by atomic mass is 9.78. The van der Waals surface area contributed by atoms with Crippen LogP contribution in [0.3, 0.4) is 0 Å². The van der Waals surface area contributed by atoms with E-state index in [2.05, 4.69) is 28.9 Å². The second-order valence-corrected chi connectivity index (χ2v) is 9.93. The number of fused-ring (bicyclic) bond motifs is 1. The van der Waals surface area contributed by atoms with Crippen LogP contribution in [-0.4, -0.2) is 32.7 Å². The lowest BCUT2D eigenvalue weighted by Crippen LogP contribution is -2.41. The Kier molecular flexibility index (Phi) is 5.60. The van der Waals surface area contributed by atoms with Gasteiger partial charge >= 0.3 is 0 Å². The number of carbonyl (C=O) groups excluding carboxylic acids is 1. The minimum atomic E-state index is -3.59. The number of amidine groups is 1. The van der Waals surface area contributed by atoms with Crippen LogP contribution in [0, 0.1) is 11.3 Å². The molecule has 1 aliphatic carbocycles. The molecule has 1 fully saturated rings. The van der Waals surface area contributed by atoms with Gasteiger partial charge in [-0.15, -0.1) is 0 Å². The van der Waals surface area contributed by atoms with Gasteiger partial charge in [-0.3, -0.25) is 14.5 Å². The van der Waals surface area contributed by atoms with Crippen LogP contribution in [0.2, 0.25) is 0 Å². The second kappa shape index (κ2) is 7.62. The van der Waals surface area contributed by atoms with Crippen molar-refractivity contribution in [3.63, 3.8) is 0 Å². The van der Waals surface area contributed by atoms with Gasteiger partial charge in [0, 0.05) is 12.1 Å². The number of carbonyl (C=O) groups is 1. The number of amides is 1. The van der Waals surface area contributed by atoms with Crippen molar-refractivity contribution < 1.29 is 13.2 Å². The van der Waals surface area contributed by atoms with Crippen molar-refractivity contribution >= 4 is 21.8 Å². The minimum absolute atomic E-state index is 0.166. The summed E-state index contributed by atoms with van der Waals surface area (Å²) < 4.78 is 26.8. The topological polar surface area (TPSA) is 87.6 Å². The Morgan fingerprint density at radius 3 is 2.56 bits per heavy atom. The molecule has 1 aromatic rings. The van der Waals surface area contributed by atoms with Crippen molar-refractivity contribution in [3.05, 3.63) is 29.8 Å². The summed E-state index contributed by atoms with van der Waals surface area (Å²) >= 11 is 0. The zero-order valence-electron chi connectivity index (χ0n) is 16.3. The molecule has 1 heterocycles. The number of benzene rings is 1. The fraction of sp³-hybridized carbons (Fsp3) is 0.600. The standard InChI is InChI=1S/C20H29N3O3S/c1-14(2)12-20(10-6-7-11-20)13-21-19(24)15(3)22-18-16-8-4-5-9-17(16)27(25,26)23-18/h4-5,8-9,14-15H,6-7,10-13H2,1-3H3,(H,21,24)(H,22,23)/t15-/m0/s1. The zero-order valence-corrected chi connectivity index (χ0v) is 17.1. The average molecular weight is 392 g/mol. The Labute approximate surface area is 161 Å². The maximum Gasteiger partial charge on any atom is 0.263 e. The summed E-state index contributed by atoms with van der Waals surface area (Å²) in [6.07, 6.45) is 5.87. The van der Waals surface area contributed by atoms with Gasteiger partial charge in [-0.25, -0.2) is 8.42 Å². The number of sulfonamides is 1. The molecule has 0 aromatic heterocycles. The number of hydrogen-bond donors (Lipinski definition) is 2. The lowest BCUT2D eigenvalue weighted by molar-refractivity contribution is -0.122. The SMILES string of the molecule is CC(C)CC1(CNC(=O)[C@H](C)N=C2NS(=O)(=O)c3ccccc32)CCCC1. The average Bonchev–Trinajstić information content (AvgIpc) is 3.16. The van der Waals surface area contributed by atoms with Crippen LogP contribution in [0.25, 0.3) is 0 Å². The number of aliphatic imine (C=N–C) groups is 1. The van der Waals surface area contributed by atoms with Crippen LogP contribution < -0.4 is 10.0 Å². The van der Waals surface area contributed by atoms with Gasteiger partial charge in [0.2, 0.25) is 5.91 Å². The number of nitrogens with zero attached hydrogens (tertiary/aromatic N) is 1. The summed E-state index contributed by atoms with van der Waals surface area (Å²) in [5.74, 6) is 0.675. The number of nitrogens with one attached hydrogen (secondary N) is 2. The van der Waals surface area contributed by atoms with Crippen molar-refractivity contribution in [1.29, 1.82) is 0 Å².